The third kappa shape index (κ3) is 3.00. The molecule has 1 aliphatic heterocycles. The number of carbonyl (C=O) groups excluding carboxylic acids is 1. The molecule has 0 bridgehead atoms. The van der Waals surface area contributed by atoms with Crippen LogP contribution in [0.5, 0.6) is 0 Å². The Bertz CT molecular complexity index is 503. The average molecular weight is 322 g/mol. The Balaban J connectivity index is 0.00000133. The standard InChI is InChI=1S/C13H14Cl2N2O.ClH/c14-9-1-2-10(11(15)7-9)12(18)17-6-5-16-13(8-17)3-4-13;/h1-2,7,16H,3-6,8H2;1H. The number of amides is 1. The summed E-state index contributed by atoms with van der Waals surface area (Å²) in [5, 5.41) is 4.46. The summed E-state index contributed by atoms with van der Waals surface area (Å²) in [4.78, 5) is 14.3. The fraction of sp³-hybridized carbons (Fsp3) is 0.462. The highest BCUT2D eigenvalue weighted by molar-refractivity contribution is 6.36. The number of rotatable bonds is 1. The normalized spacial score (nSPS) is 20.0. The highest BCUT2D eigenvalue weighted by atomic mass is 35.5. The Morgan fingerprint density at radius 2 is 2.05 bits per heavy atom. The van der Waals surface area contributed by atoms with E-state index in [0.717, 1.165) is 32.5 Å². The summed E-state index contributed by atoms with van der Waals surface area (Å²) >= 11 is 11.9. The molecule has 2 aliphatic rings. The molecule has 1 aromatic carbocycles. The van der Waals surface area contributed by atoms with Gasteiger partial charge in [0.25, 0.3) is 5.91 Å². The van der Waals surface area contributed by atoms with Gasteiger partial charge in [0.2, 0.25) is 0 Å². The minimum absolute atomic E-state index is 0. The first-order chi connectivity index (χ1) is 8.60. The highest BCUT2D eigenvalue weighted by Gasteiger charge is 2.46. The van der Waals surface area contributed by atoms with E-state index in [1.54, 1.807) is 18.2 Å². The molecule has 6 heteroatoms. The van der Waals surface area contributed by atoms with Crippen LogP contribution in [0.4, 0.5) is 0 Å². The topological polar surface area (TPSA) is 32.3 Å². The van der Waals surface area contributed by atoms with Gasteiger partial charge in [-0.15, -0.1) is 12.4 Å². The van der Waals surface area contributed by atoms with Crippen LogP contribution in [0.25, 0.3) is 0 Å². The van der Waals surface area contributed by atoms with Crippen LogP contribution in [0.2, 0.25) is 10.0 Å². The van der Waals surface area contributed by atoms with Gasteiger partial charge in [0.1, 0.15) is 0 Å². The maximum Gasteiger partial charge on any atom is 0.255 e. The van der Waals surface area contributed by atoms with Crippen LogP contribution in [0, 0.1) is 0 Å². The van der Waals surface area contributed by atoms with Crippen molar-refractivity contribution in [3.8, 4) is 0 Å². The Labute approximate surface area is 128 Å². The van der Waals surface area contributed by atoms with Crippen LogP contribution in [0.3, 0.4) is 0 Å². The molecule has 0 radical (unpaired) electrons. The van der Waals surface area contributed by atoms with Crippen LogP contribution in [0.1, 0.15) is 23.2 Å². The third-order valence-corrected chi connectivity index (χ3v) is 4.23. The fourth-order valence-corrected chi connectivity index (χ4v) is 2.94. The minimum Gasteiger partial charge on any atom is -0.335 e. The van der Waals surface area contributed by atoms with Crippen molar-refractivity contribution in [1.82, 2.24) is 10.2 Å². The van der Waals surface area contributed by atoms with Crippen LogP contribution in [0.15, 0.2) is 18.2 Å². The maximum atomic E-state index is 12.4. The van der Waals surface area contributed by atoms with Crippen LogP contribution in [-0.2, 0) is 0 Å². The molecule has 0 aromatic heterocycles. The molecule has 3 rings (SSSR count). The Kier molecular flexibility index (Phi) is 4.31. The molecule has 0 unspecified atom stereocenters. The van der Waals surface area contributed by atoms with Crippen molar-refractivity contribution in [1.29, 1.82) is 0 Å². The van der Waals surface area contributed by atoms with Crippen LogP contribution in [-0.4, -0.2) is 36.0 Å². The largest absolute Gasteiger partial charge is 0.335 e. The van der Waals surface area contributed by atoms with Gasteiger partial charge in [-0.3, -0.25) is 4.79 Å². The summed E-state index contributed by atoms with van der Waals surface area (Å²) in [5.74, 6) is 0.00411. The zero-order chi connectivity index (χ0) is 12.8. The molecule has 1 saturated carbocycles. The number of halogens is 3. The Hall–Kier alpha value is -0.480. The molecule has 1 N–H and O–H groups in total. The molecule has 19 heavy (non-hydrogen) atoms. The van der Waals surface area contributed by atoms with Gasteiger partial charge in [-0.05, 0) is 31.0 Å². The van der Waals surface area contributed by atoms with Gasteiger partial charge in [-0.2, -0.15) is 0 Å². The number of hydrogen-bond donors (Lipinski definition) is 1. The number of piperazine rings is 1. The van der Waals surface area contributed by atoms with Crippen molar-refractivity contribution >= 4 is 41.5 Å². The zero-order valence-corrected chi connectivity index (χ0v) is 12.6. The summed E-state index contributed by atoms with van der Waals surface area (Å²) in [6.07, 6.45) is 2.32. The lowest BCUT2D eigenvalue weighted by Crippen LogP contribution is -2.54. The van der Waals surface area contributed by atoms with Crippen molar-refractivity contribution in [3.05, 3.63) is 33.8 Å². The van der Waals surface area contributed by atoms with E-state index in [1.165, 1.54) is 0 Å². The van der Waals surface area contributed by atoms with Gasteiger partial charge in [0, 0.05) is 30.2 Å². The molecule has 1 spiro atoms. The first-order valence-corrected chi connectivity index (χ1v) is 6.85. The monoisotopic (exact) mass is 320 g/mol. The number of benzene rings is 1. The summed E-state index contributed by atoms with van der Waals surface area (Å²) in [6.45, 7) is 2.38. The molecule has 104 valence electrons. The van der Waals surface area contributed by atoms with Crippen molar-refractivity contribution in [2.24, 2.45) is 0 Å². The number of nitrogens with one attached hydrogen (secondary N) is 1. The van der Waals surface area contributed by atoms with Gasteiger partial charge >= 0.3 is 0 Å². The molecule has 1 amide bonds. The molecular formula is C13H15Cl3N2O. The van der Waals surface area contributed by atoms with Crippen molar-refractivity contribution in [3.63, 3.8) is 0 Å². The first-order valence-electron chi connectivity index (χ1n) is 6.09. The first kappa shape index (κ1) is 14.9. The second-order valence-corrected chi connectivity index (χ2v) is 5.90. The SMILES string of the molecule is Cl.O=C(c1ccc(Cl)cc1Cl)N1CCNC2(CC2)C1. The fourth-order valence-electron chi connectivity index (χ4n) is 2.45. The lowest BCUT2D eigenvalue weighted by atomic mass is 10.1. The predicted molar refractivity (Wildman–Crippen MR) is 79.6 cm³/mol. The second-order valence-electron chi connectivity index (χ2n) is 5.06. The lowest BCUT2D eigenvalue weighted by Gasteiger charge is -2.34. The number of nitrogens with zero attached hydrogens (tertiary/aromatic N) is 1. The molecule has 1 heterocycles. The van der Waals surface area contributed by atoms with E-state index in [1.807, 2.05) is 4.90 Å². The van der Waals surface area contributed by atoms with Gasteiger partial charge in [-0.1, -0.05) is 23.2 Å². The quantitative estimate of drug-likeness (QED) is 0.862. The zero-order valence-electron chi connectivity index (χ0n) is 10.3. The van der Waals surface area contributed by atoms with E-state index in [2.05, 4.69) is 5.32 Å². The van der Waals surface area contributed by atoms with Gasteiger partial charge in [0.05, 0.1) is 10.6 Å². The molecule has 1 saturated heterocycles. The summed E-state index contributed by atoms with van der Waals surface area (Å²) in [6, 6.07) is 5.02. The average Bonchev–Trinajstić information content (AvgIpc) is 3.08. The van der Waals surface area contributed by atoms with Crippen molar-refractivity contribution in [2.75, 3.05) is 19.6 Å². The molecule has 1 aromatic rings. The van der Waals surface area contributed by atoms with E-state index in [4.69, 9.17) is 23.2 Å². The summed E-state index contributed by atoms with van der Waals surface area (Å²) in [5.41, 5.74) is 0.728. The predicted octanol–water partition coefficient (Wildman–Crippen LogP) is 2.99. The smallest absolute Gasteiger partial charge is 0.255 e. The van der Waals surface area contributed by atoms with Gasteiger partial charge in [0.15, 0.2) is 0 Å². The molecular weight excluding hydrogens is 307 g/mol. The van der Waals surface area contributed by atoms with E-state index >= 15 is 0 Å². The Morgan fingerprint density at radius 1 is 1.32 bits per heavy atom. The van der Waals surface area contributed by atoms with E-state index in [9.17, 15) is 4.79 Å². The van der Waals surface area contributed by atoms with Crippen molar-refractivity contribution in [2.45, 2.75) is 18.4 Å². The minimum atomic E-state index is 0. The molecule has 2 fully saturated rings. The Morgan fingerprint density at radius 3 is 2.68 bits per heavy atom. The summed E-state index contributed by atoms with van der Waals surface area (Å²) < 4.78 is 0. The van der Waals surface area contributed by atoms with Crippen molar-refractivity contribution < 1.29 is 4.79 Å². The molecule has 0 atom stereocenters. The summed E-state index contributed by atoms with van der Waals surface area (Å²) in [7, 11) is 0. The van der Waals surface area contributed by atoms with Crippen LogP contribution < -0.4 is 5.32 Å². The number of hydrogen-bond acceptors (Lipinski definition) is 2. The molecule has 3 nitrogen and oxygen atoms in total. The van der Waals surface area contributed by atoms with E-state index < -0.39 is 0 Å². The highest BCUT2D eigenvalue weighted by Crippen LogP contribution is 2.38. The van der Waals surface area contributed by atoms with Gasteiger partial charge in [-0.25, -0.2) is 0 Å². The van der Waals surface area contributed by atoms with Crippen LogP contribution >= 0.6 is 35.6 Å². The van der Waals surface area contributed by atoms with E-state index in [0.29, 0.717) is 15.6 Å². The maximum absolute atomic E-state index is 12.4. The van der Waals surface area contributed by atoms with Gasteiger partial charge < -0.3 is 10.2 Å². The second kappa shape index (κ2) is 5.49. The van der Waals surface area contributed by atoms with E-state index in [-0.39, 0.29) is 23.9 Å². The third-order valence-electron chi connectivity index (χ3n) is 3.68. The lowest BCUT2D eigenvalue weighted by molar-refractivity contribution is 0.0691. The number of carbonyl (C=O) groups is 1. The molecule has 1 aliphatic carbocycles.